The van der Waals surface area contributed by atoms with E-state index in [0.29, 0.717) is 0 Å². The zero-order chi connectivity index (χ0) is 16.0. The number of aliphatic carboxylic acids is 2. The number of carboxylic acid groups (broad SMARTS) is 2. The lowest BCUT2D eigenvalue weighted by molar-refractivity contribution is -0.145. The van der Waals surface area contributed by atoms with Crippen molar-refractivity contribution in [2.75, 3.05) is 7.05 Å². The van der Waals surface area contributed by atoms with Gasteiger partial charge in [-0.1, -0.05) is 28.1 Å². The number of urea groups is 1. The van der Waals surface area contributed by atoms with E-state index in [2.05, 4.69) is 21.2 Å². The van der Waals surface area contributed by atoms with Gasteiger partial charge >= 0.3 is 18.0 Å². The number of benzene rings is 1. The molecule has 0 bridgehead atoms. The fourth-order valence-corrected chi connectivity index (χ4v) is 1.83. The Kier molecular flexibility index (Phi) is 6.16. The SMILES string of the molecule is CN(Cc1ccc(Br)cc1)C(=O)N[C@@H](CC(=O)O)C(=O)O. The molecule has 0 radical (unpaired) electrons. The van der Waals surface area contributed by atoms with Crippen molar-refractivity contribution in [3.8, 4) is 0 Å². The van der Waals surface area contributed by atoms with Crippen LogP contribution in [0, 0.1) is 0 Å². The van der Waals surface area contributed by atoms with Gasteiger partial charge in [0.05, 0.1) is 6.42 Å². The number of nitrogens with one attached hydrogen (secondary N) is 1. The Morgan fingerprint density at radius 3 is 2.29 bits per heavy atom. The van der Waals surface area contributed by atoms with Crippen molar-refractivity contribution in [1.82, 2.24) is 10.2 Å². The molecular weight excluding hydrogens is 344 g/mol. The molecular formula is C13H15BrN2O5. The van der Waals surface area contributed by atoms with Crippen molar-refractivity contribution >= 4 is 33.9 Å². The minimum absolute atomic E-state index is 0.276. The molecule has 1 aromatic rings. The molecule has 114 valence electrons. The normalized spacial score (nSPS) is 11.5. The first-order valence-corrected chi connectivity index (χ1v) is 6.79. The van der Waals surface area contributed by atoms with E-state index in [4.69, 9.17) is 10.2 Å². The number of hydrogen-bond acceptors (Lipinski definition) is 3. The van der Waals surface area contributed by atoms with Crippen LogP contribution in [0.2, 0.25) is 0 Å². The summed E-state index contributed by atoms with van der Waals surface area (Å²) in [5, 5.41) is 19.7. The fraction of sp³-hybridized carbons (Fsp3) is 0.308. The van der Waals surface area contributed by atoms with E-state index < -0.39 is 30.4 Å². The molecule has 0 fully saturated rings. The Labute approximate surface area is 129 Å². The molecule has 0 saturated heterocycles. The quantitative estimate of drug-likeness (QED) is 0.714. The van der Waals surface area contributed by atoms with E-state index in [-0.39, 0.29) is 6.54 Å². The molecule has 0 spiro atoms. The van der Waals surface area contributed by atoms with Crippen LogP contribution in [0.3, 0.4) is 0 Å². The lowest BCUT2D eigenvalue weighted by Gasteiger charge is -2.20. The highest BCUT2D eigenvalue weighted by atomic mass is 79.9. The van der Waals surface area contributed by atoms with Gasteiger partial charge in [0.2, 0.25) is 0 Å². The molecule has 1 rings (SSSR count). The second kappa shape index (κ2) is 7.63. The average Bonchev–Trinajstić information content (AvgIpc) is 2.39. The highest BCUT2D eigenvalue weighted by Gasteiger charge is 2.24. The summed E-state index contributed by atoms with van der Waals surface area (Å²) in [6, 6.07) is 5.19. The molecule has 0 unspecified atom stereocenters. The molecule has 0 aliphatic heterocycles. The number of carbonyl (C=O) groups excluding carboxylic acids is 1. The monoisotopic (exact) mass is 358 g/mol. The number of carbonyl (C=O) groups is 3. The van der Waals surface area contributed by atoms with Gasteiger partial charge < -0.3 is 20.4 Å². The third-order valence-corrected chi connectivity index (χ3v) is 3.18. The maximum atomic E-state index is 11.9. The second-order valence-electron chi connectivity index (χ2n) is 4.42. The molecule has 1 aromatic carbocycles. The van der Waals surface area contributed by atoms with E-state index in [1.807, 2.05) is 24.3 Å². The Balaban J connectivity index is 2.62. The summed E-state index contributed by atoms with van der Waals surface area (Å²) in [6.07, 6.45) is -0.673. The molecule has 8 heteroatoms. The summed E-state index contributed by atoms with van der Waals surface area (Å²) in [6.45, 7) is 0.276. The predicted octanol–water partition coefficient (Wildman–Crippen LogP) is 1.52. The Bertz CT molecular complexity index is 532. The maximum Gasteiger partial charge on any atom is 0.326 e. The smallest absolute Gasteiger partial charge is 0.326 e. The van der Waals surface area contributed by atoms with Crippen molar-refractivity contribution < 1.29 is 24.6 Å². The molecule has 1 atom stereocenters. The predicted molar refractivity (Wildman–Crippen MR) is 77.8 cm³/mol. The van der Waals surface area contributed by atoms with Crippen LogP contribution in [-0.4, -0.2) is 46.2 Å². The van der Waals surface area contributed by atoms with Gasteiger partial charge in [-0.25, -0.2) is 9.59 Å². The lowest BCUT2D eigenvalue weighted by Crippen LogP contribution is -2.47. The van der Waals surface area contributed by atoms with Gasteiger partial charge in [0.15, 0.2) is 0 Å². The first kappa shape index (κ1) is 17.0. The highest BCUT2D eigenvalue weighted by Crippen LogP contribution is 2.11. The van der Waals surface area contributed by atoms with Crippen LogP contribution in [-0.2, 0) is 16.1 Å². The fourth-order valence-electron chi connectivity index (χ4n) is 1.57. The number of halogens is 1. The van der Waals surface area contributed by atoms with Gasteiger partial charge in [0.25, 0.3) is 0 Å². The van der Waals surface area contributed by atoms with Crippen molar-refractivity contribution in [2.45, 2.75) is 19.0 Å². The molecule has 0 heterocycles. The molecule has 0 aliphatic carbocycles. The zero-order valence-electron chi connectivity index (χ0n) is 11.2. The number of nitrogens with zero attached hydrogens (tertiary/aromatic N) is 1. The largest absolute Gasteiger partial charge is 0.481 e. The van der Waals surface area contributed by atoms with Crippen LogP contribution in [0.25, 0.3) is 0 Å². The standard InChI is InChI=1S/C13H15BrN2O5/c1-16(7-8-2-4-9(14)5-3-8)13(21)15-10(12(19)20)6-11(17)18/h2-5,10H,6-7H2,1H3,(H,15,21)(H,17,18)(H,19,20)/t10-/m0/s1. The van der Waals surface area contributed by atoms with Gasteiger partial charge in [-0.2, -0.15) is 0 Å². The van der Waals surface area contributed by atoms with Crippen molar-refractivity contribution in [3.63, 3.8) is 0 Å². The summed E-state index contributed by atoms with van der Waals surface area (Å²) in [5.74, 6) is -2.68. The summed E-state index contributed by atoms with van der Waals surface area (Å²) in [7, 11) is 1.50. The van der Waals surface area contributed by atoms with Gasteiger partial charge in [0, 0.05) is 18.1 Å². The maximum absolute atomic E-state index is 11.9. The molecule has 2 amide bonds. The van der Waals surface area contributed by atoms with Crippen LogP contribution in [0.5, 0.6) is 0 Å². The Morgan fingerprint density at radius 2 is 1.81 bits per heavy atom. The average molecular weight is 359 g/mol. The number of amides is 2. The second-order valence-corrected chi connectivity index (χ2v) is 5.34. The molecule has 21 heavy (non-hydrogen) atoms. The van der Waals surface area contributed by atoms with Crippen LogP contribution < -0.4 is 5.32 Å². The third-order valence-electron chi connectivity index (χ3n) is 2.65. The van der Waals surface area contributed by atoms with E-state index in [1.165, 1.54) is 11.9 Å². The topological polar surface area (TPSA) is 107 Å². The van der Waals surface area contributed by atoms with Crippen LogP contribution in [0.4, 0.5) is 4.79 Å². The molecule has 0 aromatic heterocycles. The lowest BCUT2D eigenvalue weighted by atomic mass is 10.2. The van der Waals surface area contributed by atoms with Crippen LogP contribution >= 0.6 is 15.9 Å². The number of carboxylic acids is 2. The van der Waals surface area contributed by atoms with Gasteiger partial charge in [0.1, 0.15) is 6.04 Å². The van der Waals surface area contributed by atoms with E-state index in [0.717, 1.165) is 10.0 Å². The zero-order valence-corrected chi connectivity index (χ0v) is 12.8. The minimum atomic E-state index is -1.46. The van der Waals surface area contributed by atoms with E-state index >= 15 is 0 Å². The summed E-state index contributed by atoms with van der Waals surface area (Å²) in [5.41, 5.74) is 0.862. The molecule has 0 saturated carbocycles. The van der Waals surface area contributed by atoms with E-state index in [9.17, 15) is 14.4 Å². The first-order valence-electron chi connectivity index (χ1n) is 6.00. The Hall–Kier alpha value is -2.09. The third kappa shape index (κ3) is 5.82. The Morgan fingerprint density at radius 1 is 1.24 bits per heavy atom. The number of rotatable bonds is 6. The minimum Gasteiger partial charge on any atom is -0.481 e. The summed E-state index contributed by atoms with van der Waals surface area (Å²) < 4.78 is 0.908. The highest BCUT2D eigenvalue weighted by molar-refractivity contribution is 9.10. The first-order chi connectivity index (χ1) is 9.79. The number of hydrogen-bond donors (Lipinski definition) is 3. The summed E-state index contributed by atoms with van der Waals surface area (Å²) >= 11 is 3.30. The molecule has 0 aliphatic rings. The van der Waals surface area contributed by atoms with E-state index in [1.54, 1.807) is 0 Å². The van der Waals surface area contributed by atoms with Crippen LogP contribution in [0.1, 0.15) is 12.0 Å². The van der Waals surface area contributed by atoms with Crippen molar-refractivity contribution in [3.05, 3.63) is 34.3 Å². The van der Waals surface area contributed by atoms with Crippen molar-refractivity contribution in [2.24, 2.45) is 0 Å². The van der Waals surface area contributed by atoms with Gasteiger partial charge in [-0.3, -0.25) is 4.79 Å². The summed E-state index contributed by atoms with van der Waals surface area (Å²) in [4.78, 5) is 34.6. The molecule has 7 nitrogen and oxygen atoms in total. The van der Waals surface area contributed by atoms with Crippen molar-refractivity contribution in [1.29, 1.82) is 0 Å². The van der Waals surface area contributed by atoms with Gasteiger partial charge in [-0.15, -0.1) is 0 Å². The van der Waals surface area contributed by atoms with Gasteiger partial charge in [-0.05, 0) is 17.7 Å². The van der Waals surface area contributed by atoms with Crippen LogP contribution in [0.15, 0.2) is 28.7 Å². The molecule has 3 N–H and O–H groups in total.